The molecule has 0 spiro atoms. The first kappa shape index (κ1) is 18.3. The molecule has 2 aromatic rings. The maximum atomic E-state index is 12.1. The third-order valence-corrected chi connectivity index (χ3v) is 6.93. The van der Waals surface area contributed by atoms with Gasteiger partial charge < -0.3 is 18.9 Å². The molecule has 0 N–H and O–H groups in total. The Morgan fingerprint density at radius 1 is 1.00 bits per heavy atom. The number of hydrogen-bond donors (Lipinski definition) is 0. The second kappa shape index (κ2) is 6.26. The summed E-state index contributed by atoms with van der Waals surface area (Å²) >= 11 is 0. The van der Waals surface area contributed by atoms with Crippen LogP contribution in [0.25, 0.3) is 0 Å². The van der Waals surface area contributed by atoms with Gasteiger partial charge in [-0.3, -0.25) is 9.08 Å². The van der Waals surface area contributed by atoms with Gasteiger partial charge in [-0.05, 0) is 41.9 Å². The van der Waals surface area contributed by atoms with Gasteiger partial charge in [-0.15, -0.1) is 0 Å². The van der Waals surface area contributed by atoms with Crippen LogP contribution < -0.4 is 18.9 Å². The van der Waals surface area contributed by atoms with Crippen LogP contribution in [0.2, 0.25) is 0 Å². The topological polar surface area (TPSA) is 83.5 Å². The van der Waals surface area contributed by atoms with Crippen molar-refractivity contribution in [2.45, 2.75) is 31.0 Å². The number of ether oxygens (including phenoxy) is 4. The molecule has 0 radical (unpaired) electrons. The molecule has 9 heteroatoms. The molecule has 0 amide bonds. The fraction of sp³-hybridized carbons (Fsp3) is 0.429. The minimum absolute atomic E-state index is 0.0668. The molecular weight excluding hydrogens is 410 g/mol. The summed E-state index contributed by atoms with van der Waals surface area (Å²) in [5, 5.41) is 0. The number of benzene rings is 2. The first-order chi connectivity index (χ1) is 14.4. The average molecular weight is 431 g/mol. The summed E-state index contributed by atoms with van der Waals surface area (Å²) in [6.07, 6.45) is 1.02. The van der Waals surface area contributed by atoms with Crippen LogP contribution in [0.3, 0.4) is 0 Å². The highest BCUT2D eigenvalue weighted by molar-refractivity contribution is 7.86. The molecule has 0 bridgehead atoms. The van der Waals surface area contributed by atoms with Gasteiger partial charge in [0.15, 0.2) is 23.0 Å². The Morgan fingerprint density at radius 2 is 1.73 bits per heavy atom. The highest BCUT2D eigenvalue weighted by Crippen LogP contribution is 2.54. The van der Waals surface area contributed by atoms with Crippen LogP contribution in [0.1, 0.15) is 34.2 Å². The summed E-state index contributed by atoms with van der Waals surface area (Å²) < 4.78 is 52.4. The monoisotopic (exact) mass is 431 g/mol. The lowest BCUT2D eigenvalue weighted by molar-refractivity contribution is 0.0790. The standard InChI is InChI=1S/C21H21NO7S/c1-22-8-14-12(3-4-15-21(14)28-10-25-15)19-18(29-30(2,23)24)6-11-5-16-17(27-9-26-16)7-13(11)20(19)22/h3-5,7,18-20H,6,8-10H2,1-2H3/t18-,19-,20+/m0/s1. The Kier molecular flexibility index (Phi) is 3.82. The Balaban J connectivity index is 1.54. The van der Waals surface area contributed by atoms with Crippen molar-refractivity contribution in [1.29, 1.82) is 0 Å². The largest absolute Gasteiger partial charge is 0.454 e. The van der Waals surface area contributed by atoms with Crippen molar-refractivity contribution in [3.63, 3.8) is 0 Å². The quantitative estimate of drug-likeness (QED) is 0.670. The molecule has 2 aromatic carbocycles. The van der Waals surface area contributed by atoms with E-state index < -0.39 is 16.2 Å². The Morgan fingerprint density at radius 3 is 2.53 bits per heavy atom. The van der Waals surface area contributed by atoms with Gasteiger partial charge in [0, 0.05) is 30.5 Å². The lowest BCUT2D eigenvalue weighted by Crippen LogP contribution is -2.45. The van der Waals surface area contributed by atoms with Crippen molar-refractivity contribution in [2.24, 2.45) is 0 Å². The molecule has 0 fully saturated rings. The molecule has 6 rings (SSSR count). The molecule has 158 valence electrons. The van der Waals surface area contributed by atoms with E-state index >= 15 is 0 Å². The van der Waals surface area contributed by atoms with E-state index in [4.69, 9.17) is 23.1 Å². The highest BCUT2D eigenvalue weighted by atomic mass is 32.2. The van der Waals surface area contributed by atoms with Gasteiger partial charge in [-0.2, -0.15) is 8.42 Å². The third kappa shape index (κ3) is 2.69. The Labute approximate surface area is 174 Å². The predicted molar refractivity (Wildman–Crippen MR) is 105 cm³/mol. The minimum atomic E-state index is -3.65. The summed E-state index contributed by atoms with van der Waals surface area (Å²) in [4.78, 5) is 2.22. The van der Waals surface area contributed by atoms with Gasteiger partial charge >= 0.3 is 0 Å². The predicted octanol–water partition coefficient (Wildman–Crippen LogP) is 2.32. The summed E-state index contributed by atoms with van der Waals surface area (Å²) in [7, 11) is -1.62. The number of nitrogens with zero attached hydrogens (tertiary/aromatic N) is 1. The van der Waals surface area contributed by atoms with Crippen LogP contribution in [0.4, 0.5) is 0 Å². The van der Waals surface area contributed by atoms with Gasteiger partial charge in [0.25, 0.3) is 10.1 Å². The summed E-state index contributed by atoms with van der Waals surface area (Å²) in [5.74, 6) is 2.69. The van der Waals surface area contributed by atoms with E-state index in [2.05, 4.69) is 4.90 Å². The van der Waals surface area contributed by atoms with Crippen LogP contribution in [0.5, 0.6) is 23.0 Å². The molecule has 3 aliphatic heterocycles. The second-order valence-corrected chi connectivity index (χ2v) is 9.80. The number of rotatable bonds is 2. The molecule has 3 atom stereocenters. The molecular formula is C21H21NO7S. The van der Waals surface area contributed by atoms with Crippen molar-refractivity contribution >= 4 is 10.1 Å². The summed E-state index contributed by atoms with van der Waals surface area (Å²) in [6, 6.07) is 7.83. The molecule has 0 aromatic heterocycles. The van der Waals surface area contributed by atoms with Crippen LogP contribution in [-0.4, -0.2) is 46.3 Å². The zero-order valence-corrected chi connectivity index (χ0v) is 17.4. The zero-order valence-electron chi connectivity index (χ0n) is 16.6. The summed E-state index contributed by atoms with van der Waals surface area (Å²) in [5.41, 5.74) is 4.20. The summed E-state index contributed by atoms with van der Waals surface area (Å²) in [6.45, 7) is 1.04. The van der Waals surface area contributed by atoms with E-state index in [1.54, 1.807) is 0 Å². The van der Waals surface area contributed by atoms with Gasteiger partial charge in [-0.1, -0.05) is 6.07 Å². The molecule has 3 heterocycles. The van der Waals surface area contributed by atoms with Crippen LogP contribution >= 0.6 is 0 Å². The average Bonchev–Trinajstić information content (AvgIpc) is 3.33. The lowest BCUT2D eigenvalue weighted by atomic mass is 9.70. The minimum Gasteiger partial charge on any atom is -0.454 e. The fourth-order valence-electron chi connectivity index (χ4n) is 5.26. The third-order valence-electron chi connectivity index (χ3n) is 6.33. The first-order valence-electron chi connectivity index (χ1n) is 9.81. The second-order valence-electron chi connectivity index (χ2n) is 8.20. The van der Waals surface area contributed by atoms with Crippen molar-refractivity contribution in [3.05, 3.63) is 46.5 Å². The van der Waals surface area contributed by atoms with Gasteiger partial charge in [0.2, 0.25) is 13.6 Å². The van der Waals surface area contributed by atoms with Crippen molar-refractivity contribution in [1.82, 2.24) is 4.90 Å². The maximum absolute atomic E-state index is 12.1. The maximum Gasteiger partial charge on any atom is 0.264 e. The van der Waals surface area contributed by atoms with E-state index in [-0.39, 0.29) is 25.5 Å². The number of fused-ring (bicyclic) bond motifs is 8. The smallest absolute Gasteiger partial charge is 0.264 e. The van der Waals surface area contributed by atoms with Crippen molar-refractivity contribution in [3.8, 4) is 23.0 Å². The molecule has 4 aliphatic rings. The van der Waals surface area contributed by atoms with Gasteiger partial charge in [0.05, 0.1) is 12.4 Å². The van der Waals surface area contributed by atoms with E-state index in [0.29, 0.717) is 18.7 Å². The Hall–Kier alpha value is -2.49. The highest BCUT2D eigenvalue weighted by Gasteiger charge is 2.47. The molecule has 0 unspecified atom stereocenters. The van der Waals surface area contributed by atoms with Crippen LogP contribution in [-0.2, 0) is 27.3 Å². The number of hydrogen-bond acceptors (Lipinski definition) is 8. The van der Waals surface area contributed by atoms with Crippen LogP contribution in [0, 0.1) is 0 Å². The van der Waals surface area contributed by atoms with Crippen molar-refractivity contribution < 1.29 is 31.5 Å². The zero-order chi connectivity index (χ0) is 20.6. The molecule has 30 heavy (non-hydrogen) atoms. The Bertz CT molecular complexity index is 1160. The molecule has 0 saturated heterocycles. The van der Waals surface area contributed by atoms with E-state index in [0.717, 1.165) is 45.8 Å². The van der Waals surface area contributed by atoms with E-state index in [1.165, 1.54) is 0 Å². The van der Waals surface area contributed by atoms with Crippen molar-refractivity contribution in [2.75, 3.05) is 26.9 Å². The van der Waals surface area contributed by atoms with Gasteiger partial charge in [0.1, 0.15) is 0 Å². The molecule has 1 aliphatic carbocycles. The van der Waals surface area contributed by atoms with Gasteiger partial charge in [-0.25, -0.2) is 0 Å². The fourth-order valence-corrected chi connectivity index (χ4v) is 5.90. The lowest BCUT2D eigenvalue weighted by Gasteiger charge is -2.47. The number of likely N-dealkylation sites (N-methyl/N-ethyl adjacent to an activating group) is 1. The molecule has 0 saturated carbocycles. The van der Waals surface area contributed by atoms with E-state index in [1.807, 2.05) is 31.3 Å². The SMILES string of the molecule is CN1Cc2c(ccc3c2OCO3)[C@H]2[C@@H](OS(C)(=O)=O)Cc3cc4c(cc3[C@H]21)OCO4. The molecule has 8 nitrogen and oxygen atoms in total. The first-order valence-corrected chi connectivity index (χ1v) is 11.6. The normalized spacial score (nSPS) is 26.1. The van der Waals surface area contributed by atoms with E-state index in [9.17, 15) is 8.42 Å². The van der Waals surface area contributed by atoms with Crippen LogP contribution in [0.15, 0.2) is 24.3 Å².